The minimum absolute atomic E-state index is 0.324. The smallest absolute Gasteiger partial charge is 0.125 e. The van der Waals surface area contributed by atoms with Crippen molar-refractivity contribution in [1.82, 2.24) is 0 Å². The molecule has 1 aromatic rings. The van der Waals surface area contributed by atoms with E-state index in [2.05, 4.69) is 28.2 Å². The van der Waals surface area contributed by atoms with Gasteiger partial charge in [0.15, 0.2) is 0 Å². The maximum atomic E-state index is 13.0. The van der Waals surface area contributed by atoms with Crippen LogP contribution in [0.1, 0.15) is 39.0 Å². The molecule has 0 bridgehead atoms. The van der Waals surface area contributed by atoms with Crippen LogP contribution >= 0.6 is 27.5 Å². The van der Waals surface area contributed by atoms with E-state index < -0.39 is 0 Å². The summed E-state index contributed by atoms with van der Waals surface area (Å²) in [7, 11) is 0. The van der Waals surface area contributed by atoms with Crippen molar-refractivity contribution < 1.29 is 4.39 Å². The first-order valence-electron chi connectivity index (χ1n) is 6.03. The third-order valence-corrected chi connectivity index (χ3v) is 3.51. The van der Waals surface area contributed by atoms with Gasteiger partial charge in [-0.25, -0.2) is 4.39 Å². The summed E-state index contributed by atoms with van der Waals surface area (Å²) in [5.74, 6) is -0.324. The molecule has 0 unspecified atom stereocenters. The molecule has 0 aliphatic heterocycles. The number of benzene rings is 1. The minimum atomic E-state index is -0.324. The normalized spacial score (nSPS) is 10.6. The lowest BCUT2D eigenvalue weighted by atomic mass is 10.1. The van der Waals surface area contributed by atoms with Crippen LogP contribution in [0.3, 0.4) is 0 Å². The minimum Gasteiger partial charge on any atom is -0.383 e. The molecule has 0 aliphatic carbocycles. The number of nitrogens with one attached hydrogen (secondary N) is 1. The van der Waals surface area contributed by atoms with Gasteiger partial charge in [-0.3, -0.25) is 0 Å². The molecular formula is C13H18BrClFN. The van der Waals surface area contributed by atoms with E-state index in [0.717, 1.165) is 18.7 Å². The highest BCUT2D eigenvalue weighted by molar-refractivity contribution is 9.10. The molecule has 17 heavy (non-hydrogen) atoms. The monoisotopic (exact) mass is 321 g/mol. The first-order valence-corrected chi connectivity index (χ1v) is 7.20. The van der Waals surface area contributed by atoms with Crippen molar-refractivity contribution in [3.05, 3.63) is 27.4 Å². The maximum Gasteiger partial charge on any atom is 0.125 e. The van der Waals surface area contributed by atoms with Crippen LogP contribution in [0.2, 0.25) is 5.02 Å². The molecule has 1 nitrogen and oxygen atoms in total. The van der Waals surface area contributed by atoms with Gasteiger partial charge in [-0.05, 0) is 34.5 Å². The number of unbranched alkanes of at least 4 members (excludes halogenated alkanes) is 4. The average molecular weight is 323 g/mol. The molecule has 0 spiro atoms. The SMILES string of the molecule is CCCCCCCNc1c(Cl)cc(F)cc1Br. The Morgan fingerprint density at radius 1 is 1.24 bits per heavy atom. The van der Waals surface area contributed by atoms with Crippen LogP contribution in [-0.2, 0) is 0 Å². The van der Waals surface area contributed by atoms with Gasteiger partial charge in [0.1, 0.15) is 5.82 Å². The van der Waals surface area contributed by atoms with E-state index in [9.17, 15) is 4.39 Å². The molecule has 0 amide bonds. The molecule has 0 aliphatic rings. The van der Waals surface area contributed by atoms with Crippen LogP contribution in [0.4, 0.5) is 10.1 Å². The van der Waals surface area contributed by atoms with Crippen LogP contribution in [0.25, 0.3) is 0 Å². The summed E-state index contributed by atoms with van der Waals surface area (Å²) >= 11 is 9.27. The average Bonchev–Trinajstić information content (AvgIpc) is 2.26. The van der Waals surface area contributed by atoms with Crippen molar-refractivity contribution in [2.75, 3.05) is 11.9 Å². The summed E-state index contributed by atoms with van der Waals surface area (Å²) in [5.41, 5.74) is 0.781. The molecule has 1 aromatic carbocycles. The van der Waals surface area contributed by atoms with Gasteiger partial charge in [0.25, 0.3) is 0 Å². The van der Waals surface area contributed by atoms with Crippen LogP contribution < -0.4 is 5.32 Å². The standard InChI is InChI=1S/C13H18BrClFN/c1-2-3-4-5-6-7-17-13-11(14)8-10(16)9-12(13)15/h8-9,17H,2-7H2,1H3. The second-order valence-electron chi connectivity index (χ2n) is 4.09. The first-order chi connectivity index (χ1) is 8.15. The summed E-state index contributed by atoms with van der Waals surface area (Å²) in [5, 5.41) is 3.66. The molecule has 0 saturated heterocycles. The topological polar surface area (TPSA) is 12.0 Å². The second kappa shape index (κ2) is 7.93. The molecular weight excluding hydrogens is 305 g/mol. The fraction of sp³-hybridized carbons (Fsp3) is 0.538. The fourth-order valence-corrected chi connectivity index (χ4v) is 2.61. The Balaban J connectivity index is 2.36. The lowest BCUT2D eigenvalue weighted by molar-refractivity contribution is 0.627. The van der Waals surface area contributed by atoms with Crippen molar-refractivity contribution in [1.29, 1.82) is 0 Å². The van der Waals surface area contributed by atoms with E-state index in [1.54, 1.807) is 0 Å². The predicted molar refractivity (Wildman–Crippen MR) is 76.4 cm³/mol. The zero-order valence-corrected chi connectivity index (χ0v) is 12.4. The lowest BCUT2D eigenvalue weighted by Crippen LogP contribution is -2.03. The molecule has 0 radical (unpaired) electrons. The molecule has 96 valence electrons. The van der Waals surface area contributed by atoms with Gasteiger partial charge >= 0.3 is 0 Å². The van der Waals surface area contributed by atoms with Crippen molar-refractivity contribution in [3.63, 3.8) is 0 Å². The molecule has 0 fully saturated rings. The van der Waals surface area contributed by atoms with Gasteiger partial charge in [0.2, 0.25) is 0 Å². The molecule has 4 heteroatoms. The first kappa shape index (κ1) is 14.8. The highest BCUT2D eigenvalue weighted by Crippen LogP contribution is 2.31. The van der Waals surface area contributed by atoms with Gasteiger partial charge in [0, 0.05) is 11.0 Å². The van der Waals surface area contributed by atoms with Crippen molar-refractivity contribution in [3.8, 4) is 0 Å². The highest BCUT2D eigenvalue weighted by Gasteiger charge is 2.06. The summed E-state index contributed by atoms with van der Waals surface area (Å²) in [6.45, 7) is 3.07. The molecule has 1 N–H and O–H groups in total. The Hall–Kier alpha value is -0.280. The van der Waals surface area contributed by atoms with Crippen molar-refractivity contribution in [2.45, 2.75) is 39.0 Å². The summed E-state index contributed by atoms with van der Waals surface area (Å²) < 4.78 is 13.7. The molecule has 0 atom stereocenters. The number of hydrogen-bond donors (Lipinski definition) is 1. The van der Waals surface area contributed by atoms with E-state index in [1.165, 1.54) is 37.8 Å². The Kier molecular flexibility index (Phi) is 6.90. The Labute approximate surface area is 116 Å². The number of hydrogen-bond acceptors (Lipinski definition) is 1. The highest BCUT2D eigenvalue weighted by atomic mass is 79.9. The van der Waals surface area contributed by atoms with Gasteiger partial charge < -0.3 is 5.32 Å². The summed E-state index contributed by atoms with van der Waals surface area (Å²) in [4.78, 5) is 0. The number of halogens is 3. The number of anilines is 1. The number of rotatable bonds is 7. The van der Waals surface area contributed by atoms with Crippen LogP contribution in [0.15, 0.2) is 16.6 Å². The fourth-order valence-electron chi connectivity index (χ4n) is 1.65. The Bertz CT molecular complexity index is 334. The lowest BCUT2D eigenvalue weighted by Gasteiger charge is -2.10. The van der Waals surface area contributed by atoms with Gasteiger partial charge in [0.05, 0.1) is 10.7 Å². The third-order valence-electron chi connectivity index (χ3n) is 2.59. The van der Waals surface area contributed by atoms with Crippen LogP contribution in [0.5, 0.6) is 0 Å². The zero-order valence-electron chi connectivity index (χ0n) is 10.0. The Morgan fingerprint density at radius 2 is 1.94 bits per heavy atom. The van der Waals surface area contributed by atoms with E-state index in [-0.39, 0.29) is 5.82 Å². The molecule has 1 rings (SSSR count). The molecule has 0 saturated carbocycles. The largest absolute Gasteiger partial charge is 0.383 e. The van der Waals surface area contributed by atoms with Crippen LogP contribution in [-0.4, -0.2) is 6.54 Å². The van der Waals surface area contributed by atoms with Crippen molar-refractivity contribution in [2.24, 2.45) is 0 Å². The van der Waals surface area contributed by atoms with Gasteiger partial charge in [-0.15, -0.1) is 0 Å². The zero-order chi connectivity index (χ0) is 12.7. The van der Waals surface area contributed by atoms with Gasteiger partial charge in [-0.1, -0.05) is 44.2 Å². The quantitative estimate of drug-likeness (QED) is 0.642. The van der Waals surface area contributed by atoms with Crippen molar-refractivity contribution >= 4 is 33.2 Å². The predicted octanol–water partition coefficient (Wildman–Crippen LogP) is 5.62. The molecule has 0 aromatic heterocycles. The second-order valence-corrected chi connectivity index (χ2v) is 5.35. The van der Waals surface area contributed by atoms with E-state index in [0.29, 0.717) is 9.50 Å². The summed E-state index contributed by atoms with van der Waals surface area (Å²) in [6, 6.07) is 2.75. The third kappa shape index (κ3) is 5.26. The Morgan fingerprint density at radius 3 is 2.59 bits per heavy atom. The summed E-state index contributed by atoms with van der Waals surface area (Å²) in [6.07, 6.45) is 6.15. The molecule has 0 heterocycles. The van der Waals surface area contributed by atoms with Gasteiger partial charge in [-0.2, -0.15) is 0 Å². The van der Waals surface area contributed by atoms with E-state index >= 15 is 0 Å². The van der Waals surface area contributed by atoms with Crippen LogP contribution in [0, 0.1) is 5.82 Å². The van der Waals surface area contributed by atoms with E-state index in [1.807, 2.05) is 0 Å². The van der Waals surface area contributed by atoms with E-state index in [4.69, 9.17) is 11.6 Å². The maximum absolute atomic E-state index is 13.0.